The molecule has 0 bridgehead atoms. The van der Waals surface area contributed by atoms with Gasteiger partial charge in [0, 0.05) is 18.5 Å². The predicted molar refractivity (Wildman–Crippen MR) is 68.8 cm³/mol. The molecule has 0 spiro atoms. The molecule has 0 aromatic heterocycles. The van der Waals surface area contributed by atoms with E-state index in [0.29, 0.717) is 17.3 Å². The van der Waals surface area contributed by atoms with Crippen LogP contribution in [0.4, 0.5) is 0 Å². The zero-order valence-electron chi connectivity index (χ0n) is 9.77. The van der Waals surface area contributed by atoms with Crippen molar-refractivity contribution in [1.82, 2.24) is 4.31 Å². The Morgan fingerprint density at radius 1 is 1.41 bits per heavy atom. The SMILES string of the molecule is Cc1cccc(S(=O)(=O)N(CCCl)C2CC2)c1. The smallest absolute Gasteiger partial charge is 0.207 e. The lowest BCUT2D eigenvalue weighted by Crippen LogP contribution is -2.34. The van der Waals surface area contributed by atoms with Gasteiger partial charge in [-0.15, -0.1) is 11.6 Å². The van der Waals surface area contributed by atoms with Crippen molar-refractivity contribution in [2.75, 3.05) is 12.4 Å². The third-order valence-electron chi connectivity index (χ3n) is 2.86. The van der Waals surface area contributed by atoms with Crippen LogP contribution in [-0.4, -0.2) is 31.2 Å². The number of rotatable bonds is 5. The number of sulfonamides is 1. The molecular weight excluding hydrogens is 258 g/mol. The zero-order chi connectivity index (χ0) is 12.5. The molecule has 2 rings (SSSR count). The van der Waals surface area contributed by atoms with Crippen LogP contribution in [0.25, 0.3) is 0 Å². The topological polar surface area (TPSA) is 37.4 Å². The van der Waals surface area contributed by atoms with Crippen molar-refractivity contribution in [3.8, 4) is 0 Å². The number of hydrogen-bond acceptors (Lipinski definition) is 2. The van der Waals surface area contributed by atoms with Crippen LogP contribution < -0.4 is 0 Å². The Bertz CT molecular complexity index is 497. The van der Waals surface area contributed by atoms with Crippen LogP contribution >= 0.6 is 11.6 Å². The van der Waals surface area contributed by atoms with E-state index in [1.165, 1.54) is 4.31 Å². The second-order valence-electron chi connectivity index (χ2n) is 4.35. The average Bonchev–Trinajstić information content (AvgIpc) is 3.09. The molecule has 0 atom stereocenters. The maximum atomic E-state index is 12.4. The molecule has 17 heavy (non-hydrogen) atoms. The van der Waals surface area contributed by atoms with E-state index in [9.17, 15) is 8.42 Å². The highest BCUT2D eigenvalue weighted by molar-refractivity contribution is 7.89. The lowest BCUT2D eigenvalue weighted by atomic mass is 10.2. The molecule has 3 nitrogen and oxygen atoms in total. The highest BCUT2D eigenvalue weighted by Crippen LogP contribution is 2.31. The predicted octanol–water partition coefficient (Wildman–Crippen LogP) is 2.39. The van der Waals surface area contributed by atoms with Crippen LogP contribution in [0.1, 0.15) is 18.4 Å². The van der Waals surface area contributed by atoms with Gasteiger partial charge in [-0.05, 0) is 37.5 Å². The summed E-state index contributed by atoms with van der Waals surface area (Å²) in [6.07, 6.45) is 1.89. The van der Waals surface area contributed by atoms with Crippen LogP contribution in [0, 0.1) is 6.92 Å². The molecule has 1 aromatic rings. The Morgan fingerprint density at radius 2 is 2.12 bits per heavy atom. The zero-order valence-corrected chi connectivity index (χ0v) is 11.3. The van der Waals surface area contributed by atoms with E-state index in [2.05, 4.69) is 0 Å². The Balaban J connectivity index is 2.33. The Hall–Kier alpha value is -0.580. The molecule has 0 amide bonds. The maximum Gasteiger partial charge on any atom is 0.243 e. The number of halogens is 1. The Morgan fingerprint density at radius 3 is 2.65 bits per heavy atom. The quantitative estimate of drug-likeness (QED) is 0.773. The summed E-state index contributed by atoms with van der Waals surface area (Å²) >= 11 is 5.69. The fourth-order valence-corrected chi connectivity index (χ4v) is 3.93. The monoisotopic (exact) mass is 273 g/mol. The van der Waals surface area contributed by atoms with Gasteiger partial charge in [0.2, 0.25) is 10.0 Å². The number of nitrogens with zero attached hydrogens (tertiary/aromatic N) is 1. The van der Waals surface area contributed by atoms with Crippen molar-refractivity contribution < 1.29 is 8.42 Å². The van der Waals surface area contributed by atoms with Gasteiger partial charge in [-0.2, -0.15) is 4.31 Å². The average molecular weight is 274 g/mol. The summed E-state index contributed by atoms with van der Waals surface area (Å²) in [5, 5.41) is 0. The fourth-order valence-electron chi connectivity index (χ4n) is 1.86. The van der Waals surface area contributed by atoms with Gasteiger partial charge < -0.3 is 0 Å². The van der Waals surface area contributed by atoms with Gasteiger partial charge in [-0.3, -0.25) is 0 Å². The second kappa shape index (κ2) is 4.96. The van der Waals surface area contributed by atoms with Gasteiger partial charge in [-0.25, -0.2) is 8.42 Å². The highest BCUT2D eigenvalue weighted by Gasteiger charge is 2.37. The normalized spacial score (nSPS) is 16.4. The van der Waals surface area contributed by atoms with Gasteiger partial charge in [-0.1, -0.05) is 12.1 Å². The lowest BCUT2D eigenvalue weighted by molar-refractivity contribution is 0.422. The summed E-state index contributed by atoms with van der Waals surface area (Å²) in [6, 6.07) is 7.17. The standard InChI is InChI=1S/C12H16ClNO2S/c1-10-3-2-4-12(9-10)17(15,16)14(8-7-13)11-5-6-11/h2-4,9,11H,5-8H2,1H3. The highest BCUT2D eigenvalue weighted by atomic mass is 35.5. The first-order valence-electron chi connectivity index (χ1n) is 5.70. The van der Waals surface area contributed by atoms with Crippen molar-refractivity contribution >= 4 is 21.6 Å². The van der Waals surface area contributed by atoms with Gasteiger partial charge in [0.15, 0.2) is 0 Å². The van der Waals surface area contributed by atoms with Crippen molar-refractivity contribution in [1.29, 1.82) is 0 Å². The van der Waals surface area contributed by atoms with E-state index >= 15 is 0 Å². The minimum Gasteiger partial charge on any atom is -0.207 e. The van der Waals surface area contributed by atoms with Crippen molar-refractivity contribution in [2.45, 2.75) is 30.7 Å². The molecule has 1 aromatic carbocycles. The first-order valence-corrected chi connectivity index (χ1v) is 7.67. The van der Waals surface area contributed by atoms with Crippen LogP contribution in [-0.2, 0) is 10.0 Å². The summed E-state index contributed by atoms with van der Waals surface area (Å²) in [5.41, 5.74) is 0.952. The number of alkyl halides is 1. The molecule has 0 N–H and O–H groups in total. The molecule has 1 aliphatic rings. The van der Waals surface area contributed by atoms with Gasteiger partial charge in [0.1, 0.15) is 0 Å². The van der Waals surface area contributed by atoms with E-state index in [1.54, 1.807) is 18.2 Å². The van der Waals surface area contributed by atoms with E-state index < -0.39 is 10.0 Å². The second-order valence-corrected chi connectivity index (χ2v) is 6.62. The molecule has 0 unspecified atom stereocenters. The summed E-state index contributed by atoms with van der Waals surface area (Å²) in [5.74, 6) is 0.335. The minimum atomic E-state index is -3.37. The van der Waals surface area contributed by atoms with Crippen LogP contribution in [0.5, 0.6) is 0 Å². The van der Waals surface area contributed by atoms with E-state index in [4.69, 9.17) is 11.6 Å². The first-order chi connectivity index (χ1) is 8.05. The molecule has 94 valence electrons. The van der Waals surface area contributed by atoms with Gasteiger partial charge in [0.25, 0.3) is 0 Å². The van der Waals surface area contributed by atoms with E-state index in [0.717, 1.165) is 18.4 Å². The third-order valence-corrected chi connectivity index (χ3v) is 4.97. The molecule has 0 aliphatic heterocycles. The van der Waals surface area contributed by atoms with Crippen LogP contribution in [0.3, 0.4) is 0 Å². The molecule has 0 heterocycles. The molecular formula is C12H16ClNO2S. The number of aryl methyl sites for hydroxylation is 1. The van der Waals surface area contributed by atoms with Gasteiger partial charge >= 0.3 is 0 Å². The summed E-state index contributed by atoms with van der Waals surface area (Å²) in [7, 11) is -3.37. The Kier molecular flexibility index (Phi) is 3.76. The van der Waals surface area contributed by atoms with Crippen molar-refractivity contribution in [3.05, 3.63) is 29.8 Å². The largest absolute Gasteiger partial charge is 0.243 e. The molecule has 5 heteroatoms. The fraction of sp³-hybridized carbons (Fsp3) is 0.500. The Labute approximate surface area is 107 Å². The first kappa shape index (κ1) is 12.9. The van der Waals surface area contributed by atoms with Crippen molar-refractivity contribution in [2.24, 2.45) is 0 Å². The summed E-state index contributed by atoms with van der Waals surface area (Å²) < 4.78 is 26.4. The van der Waals surface area contributed by atoms with Crippen molar-refractivity contribution in [3.63, 3.8) is 0 Å². The number of benzene rings is 1. The molecule has 1 aliphatic carbocycles. The summed E-state index contributed by atoms with van der Waals surface area (Å²) in [6.45, 7) is 2.28. The minimum absolute atomic E-state index is 0.152. The van der Waals surface area contributed by atoms with Crippen LogP contribution in [0.15, 0.2) is 29.2 Å². The summed E-state index contributed by atoms with van der Waals surface area (Å²) in [4.78, 5) is 0.370. The van der Waals surface area contributed by atoms with Crippen LogP contribution in [0.2, 0.25) is 0 Å². The van der Waals surface area contributed by atoms with Gasteiger partial charge in [0.05, 0.1) is 4.90 Å². The van der Waals surface area contributed by atoms with E-state index in [1.807, 2.05) is 13.0 Å². The maximum absolute atomic E-state index is 12.4. The molecule has 1 saturated carbocycles. The molecule has 0 radical (unpaired) electrons. The van der Waals surface area contributed by atoms with E-state index in [-0.39, 0.29) is 6.04 Å². The molecule has 1 fully saturated rings. The lowest BCUT2D eigenvalue weighted by Gasteiger charge is -2.20. The number of hydrogen-bond donors (Lipinski definition) is 0. The third kappa shape index (κ3) is 2.81. The molecule has 0 saturated heterocycles.